The summed E-state index contributed by atoms with van der Waals surface area (Å²) in [5.41, 5.74) is 2.11. The van der Waals surface area contributed by atoms with Crippen molar-refractivity contribution in [1.29, 1.82) is 0 Å². The lowest BCUT2D eigenvalue weighted by molar-refractivity contribution is 0.0510. The number of furan rings is 2. The largest absolute Gasteiger partial charge is 0.460 e. The molecule has 2 aliphatic heterocycles. The van der Waals surface area contributed by atoms with E-state index < -0.39 is 0 Å². The fourth-order valence-electron chi connectivity index (χ4n) is 5.24. The van der Waals surface area contributed by atoms with E-state index in [0.29, 0.717) is 53.1 Å². The van der Waals surface area contributed by atoms with E-state index in [4.69, 9.17) is 8.83 Å². The summed E-state index contributed by atoms with van der Waals surface area (Å²) in [4.78, 5) is 30.4. The molecule has 0 aliphatic carbocycles. The molecule has 2 aliphatic rings. The first kappa shape index (κ1) is 20.7. The first-order valence-electron chi connectivity index (χ1n) is 11.2. The third-order valence-electron chi connectivity index (χ3n) is 6.89. The standard InChI is InChI=1S/C25H23FN4O4/c1-13-4-6-21(33-13)22-19(12-28(3)27-22)24(31)29-10-17-9-16(29)11-30(17)25(32)23-14(2)18-8-15(26)5-7-20(18)34-23/h4-8,12,16-17H,9-11H2,1-3H3/t16-,17-/m0/s1. The van der Waals surface area contributed by atoms with Gasteiger partial charge in [-0.2, -0.15) is 5.10 Å². The first-order chi connectivity index (χ1) is 16.3. The Bertz CT molecular complexity index is 1460. The van der Waals surface area contributed by atoms with Gasteiger partial charge in [0.05, 0.1) is 17.6 Å². The highest BCUT2D eigenvalue weighted by molar-refractivity contribution is 6.01. The maximum Gasteiger partial charge on any atom is 0.290 e. The van der Waals surface area contributed by atoms with Crippen molar-refractivity contribution in [1.82, 2.24) is 19.6 Å². The maximum absolute atomic E-state index is 13.7. The second kappa shape index (κ2) is 7.31. The molecule has 0 saturated carbocycles. The first-order valence-corrected chi connectivity index (χ1v) is 11.2. The van der Waals surface area contributed by atoms with E-state index in [9.17, 15) is 14.0 Å². The fourth-order valence-corrected chi connectivity index (χ4v) is 5.24. The third kappa shape index (κ3) is 3.07. The van der Waals surface area contributed by atoms with Gasteiger partial charge in [0.2, 0.25) is 0 Å². The van der Waals surface area contributed by atoms with Crippen molar-refractivity contribution in [2.45, 2.75) is 32.4 Å². The van der Waals surface area contributed by atoms with Gasteiger partial charge in [-0.15, -0.1) is 0 Å². The lowest BCUT2D eigenvalue weighted by Gasteiger charge is -2.33. The monoisotopic (exact) mass is 462 g/mol. The molecule has 3 aromatic heterocycles. The number of hydrogen-bond acceptors (Lipinski definition) is 5. The number of benzene rings is 1. The fraction of sp³-hybridized carbons (Fsp3) is 0.320. The van der Waals surface area contributed by atoms with Gasteiger partial charge in [0.15, 0.2) is 11.5 Å². The van der Waals surface area contributed by atoms with Crippen LogP contribution in [0.3, 0.4) is 0 Å². The highest BCUT2D eigenvalue weighted by Crippen LogP contribution is 2.36. The van der Waals surface area contributed by atoms with Gasteiger partial charge in [0, 0.05) is 37.3 Å². The Labute approximate surface area is 194 Å². The quantitative estimate of drug-likeness (QED) is 0.461. The molecule has 174 valence electrons. The molecule has 34 heavy (non-hydrogen) atoms. The molecule has 2 saturated heterocycles. The van der Waals surface area contributed by atoms with Crippen molar-refractivity contribution in [3.05, 3.63) is 65.0 Å². The summed E-state index contributed by atoms with van der Waals surface area (Å²) >= 11 is 0. The molecule has 1 aromatic carbocycles. The van der Waals surface area contributed by atoms with Crippen LogP contribution in [0.2, 0.25) is 0 Å². The van der Waals surface area contributed by atoms with Gasteiger partial charge < -0.3 is 18.6 Å². The highest BCUT2D eigenvalue weighted by Gasteiger charge is 2.48. The summed E-state index contributed by atoms with van der Waals surface area (Å²) < 4.78 is 26.8. The minimum Gasteiger partial charge on any atom is -0.460 e. The summed E-state index contributed by atoms with van der Waals surface area (Å²) in [5, 5.41) is 5.04. The van der Waals surface area contributed by atoms with E-state index in [-0.39, 0.29) is 35.5 Å². The Morgan fingerprint density at radius 1 is 1.03 bits per heavy atom. The summed E-state index contributed by atoms with van der Waals surface area (Å²) in [6.07, 6.45) is 2.42. The predicted octanol–water partition coefficient (Wildman–Crippen LogP) is 3.92. The number of aryl methyl sites for hydroxylation is 3. The topological polar surface area (TPSA) is 84.7 Å². The van der Waals surface area contributed by atoms with Crippen LogP contribution in [0.15, 0.2) is 45.4 Å². The lowest BCUT2D eigenvalue weighted by Crippen LogP contribution is -2.50. The van der Waals surface area contributed by atoms with Crippen LogP contribution < -0.4 is 0 Å². The van der Waals surface area contributed by atoms with Crippen LogP contribution >= 0.6 is 0 Å². The zero-order chi connectivity index (χ0) is 23.7. The minimum absolute atomic E-state index is 0.0880. The molecule has 2 amide bonds. The van der Waals surface area contributed by atoms with Crippen molar-refractivity contribution in [2.75, 3.05) is 13.1 Å². The lowest BCUT2D eigenvalue weighted by atomic mass is 10.1. The normalized spacial score (nSPS) is 19.5. The highest BCUT2D eigenvalue weighted by atomic mass is 19.1. The molecular weight excluding hydrogens is 439 g/mol. The van der Waals surface area contributed by atoms with Crippen LogP contribution in [0, 0.1) is 19.7 Å². The molecule has 4 aromatic rings. The molecule has 2 bridgehead atoms. The van der Waals surface area contributed by atoms with Crippen LogP contribution in [0.25, 0.3) is 22.4 Å². The van der Waals surface area contributed by atoms with Crippen molar-refractivity contribution >= 4 is 22.8 Å². The van der Waals surface area contributed by atoms with Gasteiger partial charge in [-0.1, -0.05) is 0 Å². The van der Waals surface area contributed by atoms with Gasteiger partial charge in [0.25, 0.3) is 11.8 Å². The Hall–Kier alpha value is -3.88. The van der Waals surface area contributed by atoms with Crippen molar-refractivity contribution in [2.24, 2.45) is 7.05 Å². The molecule has 5 heterocycles. The smallest absolute Gasteiger partial charge is 0.290 e. The number of aromatic nitrogens is 2. The summed E-state index contributed by atoms with van der Waals surface area (Å²) in [7, 11) is 1.77. The molecule has 2 atom stereocenters. The zero-order valence-electron chi connectivity index (χ0n) is 19.0. The molecule has 0 radical (unpaired) electrons. The zero-order valence-corrected chi connectivity index (χ0v) is 19.0. The van der Waals surface area contributed by atoms with Crippen LogP contribution in [0.1, 0.15) is 38.7 Å². The third-order valence-corrected chi connectivity index (χ3v) is 6.89. The second-order valence-corrected chi connectivity index (χ2v) is 9.13. The Balaban J connectivity index is 1.23. The van der Waals surface area contributed by atoms with Gasteiger partial charge in [-0.25, -0.2) is 4.39 Å². The molecule has 8 nitrogen and oxygen atoms in total. The summed E-state index contributed by atoms with van der Waals surface area (Å²) in [5.74, 6) is 0.823. The summed E-state index contributed by atoms with van der Waals surface area (Å²) in [6.45, 7) is 4.48. The Kier molecular flexibility index (Phi) is 4.45. The molecule has 0 unspecified atom stereocenters. The average molecular weight is 462 g/mol. The Morgan fingerprint density at radius 2 is 1.76 bits per heavy atom. The number of amides is 2. The molecule has 0 spiro atoms. The number of carbonyl (C=O) groups is 2. The van der Waals surface area contributed by atoms with Crippen LogP contribution in [0.5, 0.6) is 0 Å². The summed E-state index contributed by atoms with van der Waals surface area (Å²) in [6, 6.07) is 7.70. The van der Waals surface area contributed by atoms with Crippen LogP contribution in [-0.4, -0.2) is 56.6 Å². The van der Waals surface area contributed by atoms with Crippen molar-refractivity contribution < 1.29 is 22.8 Å². The van der Waals surface area contributed by atoms with Crippen LogP contribution in [-0.2, 0) is 7.05 Å². The minimum atomic E-state index is -0.371. The van der Waals surface area contributed by atoms with E-state index in [0.717, 1.165) is 5.76 Å². The van der Waals surface area contributed by atoms with Gasteiger partial charge >= 0.3 is 0 Å². The van der Waals surface area contributed by atoms with E-state index in [1.165, 1.54) is 18.2 Å². The number of halogens is 1. The Morgan fingerprint density at radius 3 is 2.44 bits per heavy atom. The maximum atomic E-state index is 13.7. The van der Waals surface area contributed by atoms with Gasteiger partial charge in [0.1, 0.15) is 22.9 Å². The average Bonchev–Trinajstić information content (AvgIpc) is 3.62. The number of likely N-dealkylation sites (tertiary alicyclic amines) is 2. The molecular formula is C25H23FN4O4. The SMILES string of the molecule is Cc1ccc(-c2nn(C)cc2C(=O)N2C[C@@H]3C[C@H]2CN3C(=O)c2oc3ccc(F)cc3c2C)o1. The van der Waals surface area contributed by atoms with Gasteiger partial charge in [-0.3, -0.25) is 14.3 Å². The number of hydrogen-bond donors (Lipinski definition) is 0. The molecule has 0 N–H and O–H groups in total. The van der Waals surface area contributed by atoms with E-state index >= 15 is 0 Å². The van der Waals surface area contributed by atoms with Gasteiger partial charge in [-0.05, 0) is 50.6 Å². The number of nitrogens with zero attached hydrogens (tertiary/aromatic N) is 4. The predicted molar refractivity (Wildman–Crippen MR) is 121 cm³/mol. The second-order valence-electron chi connectivity index (χ2n) is 9.13. The van der Waals surface area contributed by atoms with Crippen molar-refractivity contribution in [3.63, 3.8) is 0 Å². The van der Waals surface area contributed by atoms with E-state index in [1.54, 1.807) is 29.7 Å². The van der Waals surface area contributed by atoms with Crippen molar-refractivity contribution in [3.8, 4) is 11.5 Å². The number of fused-ring (bicyclic) bond motifs is 3. The number of carbonyl (C=O) groups excluding carboxylic acids is 2. The number of rotatable bonds is 3. The van der Waals surface area contributed by atoms with E-state index in [2.05, 4.69) is 5.10 Å². The van der Waals surface area contributed by atoms with Crippen LogP contribution in [0.4, 0.5) is 4.39 Å². The molecule has 2 fully saturated rings. The molecule has 9 heteroatoms. The number of piperazine rings is 1. The molecule has 6 rings (SSSR count). The van der Waals surface area contributed by atoms with E-state index in [1.807, 2.05) is 24.0 Å².